The van der Waals surface area contributed by atoms with Crippen molar-refractivity contribution in [3.8, 4) is 0 Å². The van der Waals surface area contributed by atoms with Crippen LogP contribution >= 0.6 is 11.6 Å². The lowest BCUT2D eigenvalue weighted by atomic mass is 9.70. The third kappa shape index (κ3) is 5.70. The van der Waals surface area contributed by atoms with Crippen LogP contribution in [0.1, 0.15) is 106 Å². The third-order valence-electron chi connectivity index (χ3n) is 7.75. The Labute approximate surface area is 222 Å². The second-order valence-corrected chi connectivity index (χ2v) is 12.0. The highest BCUT2D eigenvalue weighted by atomic mass is 35.5. The van der Waals surface area contributed by atoms with E-state index in [1.165, 1.54) is 18.6 Å². The first-order chi connectivity index (χ1) is 17.3. The largest absolute Gasteiger partial charge is 0.416 e. The topological polar surface area (TPSA) is 51.6 Å². The summed E-state index contributed by atoms with van der Waals surface area (Å²) in [4.78, 5) is 4.66. The summed E-state index contributed by atoms with van der Waals surface area (Å²) >= 11 is 6.71. The Morgan fingerprint density at radius 1 is 1.11 bits per heavy atom. The summed E-state index contributed by atoms with van der Waals surface area (Å²) in [5.41, 5.74) is 2.12. The van der Waals surface area contributed by atoms with Crippen LogP contribution in [0.2, 0.25) is 5.15 Å². The summed E-state index contributed by atoms with van der Waals surface area (Å²) < 4.78 is 51.4. The molecule has 1 saturated heterocycles. The lowest BCUT2D eigenvalue weighted by Gasteiger charge is -2.40. The van der Waals surface area contributed by atoms with Crippen molar-refractivity contribution >= 4 is 11.6 Å². The van der Waals surface area contributed by atoms with Crippen LogP contribution in [0.4, 0.5) is 13.2 Å². The van der Waals surface area contributed by atoms with Crippen LogP contribution in [-0.2, 0) is 27.7 Å². The molecule has 0 amide bonds. The number of pyridine rings is 1. The van der Waals surface area contributed by atoms with Crippen LogP contribution in [0.15, 0.2) is 24.3 Å². The molecule has 1 fully saturated rings. The fourth-order valence-electron chi connectivity index (χ4n) is 5.50. The van der Waals surface area contributed by atoms with E-state index in [4.69, 9.17) is 21.1 Å². The fourth-order valence-corrected chi connectivity index (χ4v) is 5.80. The van der Waals surface area contributed by atoms with E-state index in [1.54, 1.807) is 0 Å². The maximum Gasteiger partial charge on any atom is 0.416 e. The molecule has 0 saturated carbocycles. The Bertz CT molecular complexity index is 1110. The molecule has 37 heavy (non-hydrogen) atoms. The van der Waals surface area contributed by atoms with Gasteiger partial charge in [-0.25, -0.2) is 4.98 Å². The highest BCUT2D eigenvalue weighted by Crippen LogP contribution is 2.57. The SMILES string of the molecule is CC1(C)Cc2nc(Cl)c3c(c2C(O)C1)C1(CCOCC1)O[C@H]3c1ccc(C(F)(F)F)cc1.CCC(C)C. The first-order valence-corrected chi connectivity index (χ1v) is 13.5. The van der Waals surface area contributed by atoms with E-state index >= 15 is 0 Å². The minimum absolute atomic E-state index is 0.119. The number of hydrogen-bond donors (Lipinski definition) is 1. The van der Waals surface area contributed by atoms with E-state index in [-0.39, 0.29) is 10.6 Å². The number of aliphatic hydroxyl groups excluding tert-OH is 1. The maximum absolute atomic E-state index is 13.1. The molecular weight excluding hydrogens is 503 g/mol. The van der Waals surface area contributed by atoms with Crippen LogP contribution in [0.3, 0.4) is 0 Å². The highest BCUT2D eigenvalue weighted by Gasteiger charge is 2.52. The number of halogens is 4. The van der Waals surface area contributed by atoms with Gasteiger partial charge >= 0.3 is 6.18 Å². The number of aliphatic hydroxyl groups is 1. The number of fused-ring (bicyclic) bond motifs is 4. The number of nitrogens with zero attached hydrogens (tertiary/aromatic N) is 1. The van der Waals surface area contributed by atoms with Crippen LogP contribution in [0, 0.1) is 11.3 Å². The molecule has 2 aromatic rings. The minimum atomic E-state index is -4.41. The molecule has 8 heteroatoms. The van der Waals surface area contributed by atoms with Gasteiger partial charge in [0.1, 0.15) is 11.3 Å². The molecule has 1 aliphatic carbocycles. The highest BCUT2D eigenvalue weighted by molar-refractivity contribution is 6.30. The predicted octanol–water partition coefficient (Wildman–Crippen LogP) is 7.94. The lowest BCUT2D eigenvalue weighted by Crippen LogP contribution is -2.37. The molecule has 2 aliphatic heterocycles. The van der Waals surface area contributed by atoms with Crippen LogP contribution in [0.25, 0.3) is 0 Å². The lowest BCUT2D eigenvalue weighted by molar-refractivity contribution is -0.137. The number of rotatable bonds is 2. The second-order valence-electron chi connectivity index (χ2n) is 11.6. The Balaban J connectivity index is 0.000000586. The molecule has 1 aromatic heterocycles. The maximum atomic E-state index is 13.1. The van der Waals surface area contributed by atoms with Gasteiger partial charge in [-0.2, -0.15) is 13.2 Å². The van der Waals surface area contributed by atoms with E-state index in [2.05, 4.69) is 39.6 Å². The number of aromatic nitrogens is 1. The van der Waals surface area contributed by atoms with Gasteiger partial charge in [-0.05, 0) is 41.9 Å². The summed E-state index contributed by atoms with van der Waals surface area (Å²) in [6.07, 6.45) is -2.03. The van der Waals surface area contributed by atoms with Crippen molar-refractivity contribution in [1.29, 1.82) is 0 Å². The zero-order valence-electron chi connectivity index (χ0n) is 22.2. The summed E-state index contributed by atoms with van der Waals surface area (Å²) in [7, 11) is 0. The van der Waals surface area contributed by atoms with Gasteiger partial charge in [0, 0.05) is 48.4 Å². The molecule has 5 rings (SSSR count). The molecule has 4 nitrogen and oxygen atoms in total. The van der Waals surface area contributed by atoms with Crippen molar-refractivity contribution in [3.05, 3.63) is 62.9 Å². The molecule has 1 aromatic carbocycles. The molecule has 1 N–H and O–H groups in total. The summed E-state index contributed by atoms with van der Waals surface area (Å²) in [6.45, 7) is 11.8. The molecule has 0 bridgehead atoms. The molecular formula is C29H37ClF3NO3. The van der Waals surface area contributed by atoms with E-state index in [9.17, 15) is 18.3 Å². The van der Waals surface area contributed by atoms with Crippen molar-refractivity contribution in [2.75, 3.05) is 13.2 Å². The van der Waals surface area contributed by atoms with Crippen molar-refractivity contribution in [2.45, 2.75) is 90.7 Å². The normalized spacial score (nSPS) is 23.9. The van der Waals surface area contributed by atoms with E-state index < -0.39 is 29.5 Å². The first kappa shape index (κ1) is 28.3. The Morgan fingerprint density at radius 3 is 2.24 bits per heavy atom. The molecule has 3 heterocycles. The van der Waals surface area contributed by atoms with Crippen molar-refractivity contribution in [3.63, 3.8) is 0 Å². The molecule has 204 valence electrons. The fraction of sp³-hybridized carbons (Fsp3) is 0.621. The molecule has 2 atom stereocenters. The molecule has 1 unspecified atom stereocenters. The van der Waals surface area contributed by atoms with Gasteiger partial charge in [0.05, 0.1) is 17.3 Å². The third-order valence-corrected chi connectivity index (χ3v) is 8.04. The smallest absolute Gasteiger partial charge is 0.388 e. The van der Waals surface area contributed by atoms with Gasteiger partial charge in [0.2, 0.25) is 0 Å². The molecule has 3 aliphatic rings. The second kappa shape index (κ2) is 10.5. The standard InChI is InChI=1S/C24H25ClF3NO3.C5H12/c1-22(2)11-15-17(16(30)12-22)19-18(21(25)29-15)20(32-23(19)7-9-31-10-8-23)13-3-5-14(6-4-13)24(26,27)28;1-4-5(2)3/h3-6,16,20,30H,7-12H2,1-2H3;5H,4H2,1-3H3/t16?,20-;/m0./s1. The zero-order chi connectivity index (χ0) is 27.2. The quantitative estimate of drug-likeness (QED) is 0.394. The summed E-state index contributed by atoms with van der Waals surface area (Å²) in [6, 6.07) is 4.99. The minimum Gasteiger partial charge on any atom is -0.388 e. The molecule has 0 radical (unpaired) electrons. The number of hydrogen-bond acceptors (Lipinski definition) is 4. The van der Waals surface area contributed by atoms with Gasteiger partial charge < -0.3 is 14.6 Å². The van der Waals surface area contributed by atoms with E-state index in [1.807, 2.05) is 0 Å². The average molecular weight is 540 g/mol. The average Bonchev–Trinajstić information content (AvgIpc) is 3.13. The molecule has 1 spiro atoms. The first-order valence-electron chi connectivity index (χ1n) is 13.1. The van der Waals surface area contributed by atoms with Crippen LogP contribution in [0.5, 0.6) is 0 Å². The van der Waals surface area contributed by atoms with Crippen LogP contribution in [-0.4, -0.2) is 23.3 Å². The van der Waals surface area contributed by atoms with Gasteiger partial charge in [-0.3, -0.25) is 0 Å². The zero-order valence-corrected chi connectivity index (χ0v) is 23.0. The van der Waals surface area contributed by atoms with E-state index in [0.29, 0.717) is 50.0 Å². The van der Waals surface area contributed by atoms with E-state index in [0.717, 1.165) is 34.9 Å². The van der Waals surface area contributed by atoms with Gasteiger partial charge in [-0.15, -0.1) is 0 Å². The van der Waals surface area contributed by atoms with Gasteiger partial charge in [-0.1, -0.05) is 64.8 Å². The van der Waals surface area contributed by atoms with Crippen molar-refractivity contribution in [1.82, 2.24) is 4.98 Å². The monoisotopic (exact) mass is 539 g/mol. The van der Waals surface area contributed by atoms with Gasteiger partial charge in [0.25, 0.3) is 0 Å². The predicted molar refractivity (Wildman–Crippen MR) is 138 cm³/mol. The summed E-state index contributed by atoms with van der Waals surface area (Å²) in [5, 5.41) is 11.4. The summed E-state index contributed by atoms with van der Waals surface area (Å²) in [5.74, 6) is 0.884. The number of ether oxygens (including phenoxy) is 2. The Hall–Kier alpha value is -1.67. The van der Waals surface area contributed by atoms with Crippen molar-refractivity contribution < 1.29 is 27.8 Å². The Kier molecular flexibility index (Phi) is 8.03. The van der Waals surface area contributed by atoms with Crippen molar-refractivity contribution in [2.24, 2.45) is 11.3 Å². The van der Waals surface area contributed by atoms with Crippen LogP contribution < -0.4 is 0 Å². The van der Waals surface area contributed by atoms with Gasteiger partial charge in [0.15, 0.2) is 0 Å². The number of alkyl halides is 3. The number of benzene rings is 1. The Morgan fingerprint density at radius 2 is 1.70 bits per heavy atom.